The minimum Gasteiger partial charge on any atom is -0.494 e. The first kappa shape index (κ1) is 13.0. The molecule has 1 aromatic heterocycles. The number of imidazole rings is 1. The highest BCUT2D eigenvalue weighted by atomic mass is 35.5. The van der Waals surface area contributed by atoms with Crippen LogP contribution in [0.15, 0.2) is 24.4 Å². The molecule has 0 spiro atoms. The van der Waals surface area contributed by atoms with E-state index < -0.39 is 0 Å². The molecule has 0 bridgehead atoms. The Bertz CT molecular complexity index is 529. The van der Waals surface area contributed by atoms with E-state index in [1.54, 1.807) is 0 Å². The van der Waals surface area contributed by atoms with Gasteiger partial charge in [0, 0.05) is 16.9 Å². The SMILES string of the molecule is CCOc1ccc(Cn2c(C)cnc2C)c(Cl)c1. The molecule has 0 unspecified atom stereocenters. The molecular formula is C14H17ClN2O. The minimum absolute atomic E-state index is 0.648. The van der Waals surface area contributed by atoms with Gasteiger partial charge in [-0.25, -0.2) is 4.98 Å². The smallest absolute Gasteiger partial charge is 0.120 e. The molecule has 0 saturated heterocycles. The monoisotopic (exact) mass is 264 g/mol. The summed E-state index contributed by atoms with van der Waals surface area (Å²) in [5.74, 6) is 1.81. The predicted octanol–water partition coefficient (Wildman–Crippen LogP) is 3.60. The number of rotatable bonds is 4. The third-order valence-corrected chi connectivity index (χ3v) is 3.27. The zero-order valence-electron chi connectivity index (χ0n) is 10.9. The van der Waals surface area contributed by atoms with Crippen molar-refractivity contribution in [3.05, 3.63) is 46.5 Å². The first-order valence-corrected chi connectivity index (χ1v) is 6.39. The highest BCUT2D eigenvalue weighted by Crippen LogP contribution is 2.24. The summed E-state index contributed by atoms with van der Waals surface area (Å²) in [5, 5.41) is 0.730. The number of hydrogen-bond donors (Lipinski definition) is 0. The summed E-state index contributed by atoms with van der Waals surface area (Å²) in [6.07, 6.45) is 1.87. The molecule has 0 aliphatic heterocycles. The maximum atomic E-state index is 6.27. The van der Waals surface area contributed by atoms with Crippen molar-refractivity contribution in [2.75, 3.05) is 6.61 Å². The number of nitrogens with zero attached hydrogens (tertiary/aromatic N) is 2. The molecule has 2 rings (SSSR count). The van der Waals surface area contributed by atoms with Gasteiger partial charge in [-0.05, 0) is 38.5 Å². The van der Waals surface area contributed by atoms with Gasteiger partial charge in [-0.1, -0.05) is 17.7 Å². The summed E-state index contributed by atoms with van der Waals surface area (Å²) < 4.78 is 7.56. The first-order chi connectivity index (χ1) is 8.61. The van der Waals surface area contributed by atoms with Crippen LogP contribution in [0, 0.1) is 13.8 Å². The second kappa shape index (κ2) is 5.44. The Kier molecular flexibility index (Phi) is 3.92. The lowest BCUT2D eigenvalue weighted by molar-refractivity contribution is 0.340. The molecule has 1 heterocycles. The third-order valence-electron chi connectivity index (χ3n) is 2.92. The van der Waals surface area contributed by atoms with Crippen LogP contribution in [-0.2, 0) is 6.54 Å². The molecule has 2 aromatic rings. The summed E-state index contributed by atoms with van der Waals surface area (Å²) in [6, 6.07) is 5.82. The van der Waals surface area contributed by atoms with Gasteiger partial charge >= 0.3 is 0 Å². The zero-order chi connectivity index (χ0) is 13.1. The van der Waals surface area contributed by atoms with Crippen LogP contribution in [0.2, 0.25) is 5.02 Å². The number of hydrogen-bond acceptors (Lipinski definition) is 2. The van der Waals surface area contributed by atoms with Gasteiger partial charge in [0.25, 0.3) is 0 Å². The summed E-state index contributed by atoms with van der Waals surface area (Å²) in [5.41, 5.74) is 2.21. The molecule has 0 amide bonds. The van der Waals surface area contributed by atoms with E-state index in [1.807, 2.05) is 45.2 Å². The number of aryl methyl sites for hydroxylation is 2. The molecule has 0 atom stereocenters. The fourth-order valence-electron chi connectivity index (χ4n) is 1.90. The van der Waals surface area contributed by atoms with Gasteiger partial charge in [0.15, 0.2) is 0 Å². The van der Waals surface area contributed by atoms with Crippen molar-refractivity contribution in [2.45, 2.75) is 27.3 Å². The average molecular weight is 265 g/mol. The lowest BCUT2D eigenvalue weighted by Gasteiger charge is -2.11. The van der Waals surface area contributed by atoms with E-state index in [2.05, 4.69) is 9.55 Å². The normalized spacial score (nSPS) is 10.7. The Hall–Kier alpha value is -1.48. The molecule has 0 aliphatic rings. The van der Waals surface area contributed by atoms with E-state index in [4.69, 9.17) is 16.3 Å². The molecule has 96 valence electrons. The van der Waals surface area contributed by atoms with Gasteiger partial charge in [-0.3, -0.25) is 0 Å². The number of benzene rings is 1. The quantitative estimate of drug-likeness (QED) is 0.844. The van der Waals surface area contributed by atoms with Crippen LogP contribution in [0.25, 0.3) is 0 Å². The standard InChI is InChI=1S/C14H17ClN2O/c1-4-18-13-6-5-12(14(15)7-13)9-17-10(2)8-16-11(17)3/h5-8H,4,9H2,1-3H3. The maximum absolute atomic E-state index is 6.27. The third kappa shape index (κ3) is 2.67. The highest BCUT2D eigenvalue weighted by molar-refractivity contribution is 6.31. The van der Waals surface area contributed by atoms with Crippen molar-refractivity contribution in [3.63, 3.8) is 0 Å². The zero-order valence-corrected chi connectivity index (χ0v) is 11.7. The highest BCUT2D eigenvalue weighted by Gasteiger charge is 2.07. The van der Waals surface area contributed by atoms with Crippen molar-refractivity contribution in [2.24, 2.45) is 0 Å². The lowest BCUT2D eigenvalue weighted by Crippen LogP contribution is -2.04. The Morgan fingerprint density at radius 1 is 1.33 bits per heavy atom. The fraction of sp³-hybridized carbons (Fsp3) is 0.357. The molecule has 0 aliphatic carbocycles. The Balaban J connectivity index is 2.25. The van der Waals surface area contributed by atoms with Gasteiger partial charge in [0.2, 0.25) is 0 Å². The molecular weight excluding hydrogens is 248 g/mol. The van der Waals surface area contributed by atoms with E-state index in [1.165, 1.54) is 0 Å². The van der Waals surface area contributed by atoms with Gasteiger partial charge in [0.05, 0.1) is 13.2 Å². The first-order valence-electron chi connectivity index (χ1n) is 6.01. The molecule has 0 N–H and O–H groups in total. The Labute approximate surface area is 112 Å². The molecule has 18 heavy (non-hydrogen) atoms. The van der Waals surface area contributed by atoms with Crippen molar-refractivity contribution < 1.29 is 4.74 Å². The van der Waals surface area contributed by atoms with Crippen molar-refractivity contribution in [1.29, 1.82) is 0 Å². The van der Waals surface area contributed by atoms with E-state index >= 15 is 0 Å². The van der Waals surface area contributed by atoms with E-state index in [0.29, 0.717) is 6.61 Å². The van der Waals surface area contributed by atoms with Gasteiger partial charge in [0.1, 0.15) is 11.6 Å². The average Bonchev–Trinajstić information content (AvgIpc) is 2.64. The van der Waals surface area contributed by atoms with Crippen molar-refractivity contribution in [3.8, 4) is 5.75 Å². The fourth-order valence-corrected chi connectivity index (χ4v) is 2.13. The lowest BCUT2D eigenvalue weighted by atomic mass is 10.2. The summed E-state index contributed by atoms with van der Waals surface area (Å²) >= 11 is 6.27. The van der Waals surface area contributed by atoms with Crippen LogP contribution >= 0.6 is 11.6 Å². The topological polar surface area (TPSA) is 27.1 Å². The van der Waals surface area contributed by atoms with Crippen molar-refractivity contribution in [1.82, 2.24) is 9.55 Å². The largest absolute Gasteiger partial charge is 0.494 e. The molecule has 0 radical (unpaired) electrons. The van der Waals surface area contributed by atoms with Crippen LogP contribution < -0.4 is 4.74 Å². The Morgan fingerprint density at radius 2 is 2.11 bits per heavy atom. The number of ether oxygens (including phenoxy) is 1. The van der Waals surface area contributed by atoms with Crippen molar-refractivity contribution >= 4 is 11.6 Å². The van der Waals surface area contributed by atoms with E-state index in [0.717, 1.165) is 34.4 Å². The van der Waals surface area contributed by atoms with Crippen LogP contribution in [0.3, 0.4) is 0 Å². The summed E-state index contributed by atoms with van der Waals surface area (Å²) in [6.45, 7) is 7.39. The molecule has 4 heteroatoms. The predicted molar refractivity (Wildman–Crippen MR) is 73.4 cm³/mol. The minimum atomic E-state index is 0.648. The van der Waals surface area contributed by atoms with Gasteiger partial charge in [-0.2, -0.15) is 0 Å². The van der Waals surface area contributed by atoms with Crippen LogP contribution in [0.1, 0.15) is 24.0 Å². The second-order valence-corrected chi connectivity index (χ2v) is 4.63. The molecule has 0 fully saturated rings. The second-order valence-electron chi connectivity index (χ2n) is 4.22. The van der Waals surface area contributed by atoms with E-state index in [9.17, 15) is 0 Å². The van der Waals surface area contributed by atoms with Crippen LogP contribution in [0.4, 0.5) is 0 Å². The van der Waals surface area contributed by atoms with E-state index in [-0.39, 0.29) is 0 Å². The molecule has 0 saturated carbocycles. The summed E-state index contributed by atoms with van der Waals surface area (Å²) in [7, 11) is 0. The van der Waals surface area contributed by atoms with Crippen LogP contribution in [-0.4, -0.2) is 16.2 Å². The van der Waals surface area contributed by atoms with Gasteiger partial charge in [-0.15, -0.1) is 0 Å². The maximum Gasteiger partial charge on any atom is 0.120 e. The van der Waals surface area contributed by atoms with Gasteiger partial charge < -0.3 is 9.30 Å². The summed E-state index contributed by atoms with van der Waals surface area (Å²) in [4.78, 5) is 4.28. The van der Waals surface area contributed by atoms with Crippen LogP contribution in [0.5, 0.6) is 5.75 Å². The molecule has 3 nitrogen and oxygen atoms in total. The number of halogens is 1. The Morgan fingerprint density at radius 3 is 2.67 bits per heavy atom. The number of aromatic nitrogens is 2. The molecule has 1 aromatic carbocycles.